The lowest BCUT2D eigenvalue weighted by Crippen LogP contribution is -2.12. The summed E-state index contributed by atoms with van der Waals surface area (Å²) in [6.45, 7) is 2.15. The second kappa shape index (κ2) is 5.68. The van der Waals surface area contributed by atoms with Crippen LogP contribution in [-0.2, 0) is 4.74 Å². The molecular formula is C13H16O4. The van der Waals surface area contributed by atoms with Gasteiger partial charge >= 0.3 is 0 Å². The SMILES string of the molecule is COc1ccc(C=O)cc1OC[C@@H]1CCOC1. The zero-order chi connectivity index (χ0) is 12.1. The van der Waals surface area contributed by atoms with E-state index < -0.39 is 0 Å². The maximum absolute atomic E-state index is 10.7. The Labute approximate surface area is 100 Å². The number of hydrogen-bond acceptors (Lipinski definition) is 4. The van der Waals surface area contributed by atoms with E-state index in [9.17, 15) is 4.79 Å². The van der Waals surface area contributed by atoms with Crippen molar-refractivity contribution in [1.82, 2.24) is 0 Å². The van der Waals surface area contributed by atoms with Crippen molar-refractivity contribution in [2.24, 2.45) is 5.92 Å². The van der Waals surface area contributed by atoms with E-state index in [1.807, 2.05) is 0 Å². The van der Waals surface area contributed by atoms with Crippen LogP contribution in [0.15, 0.2) is 18.2 Å². The first-order chi connectivity index (χ1) is 8.33. The Kier molecular flexibility index (Phi) is 3.98. The van der Waals surface area contributed by atoms with E-state index in [-0.39, 0.29) is 0 Å². The monoisotopic (exact) mass is 236 g/mol. The standard InChI is InChI=1S/C13H16O4/c1-15-12-3-2-10(7-14)6-13(12)17-9-11-4-5-16-8-11/h2-3,6-7,11H,4-5,8-9H2,1H3/t11-/m1/s1. The first-order valence-electron chi connectivity index (χ1n) is 5.67. The summed E-state index contributed by atoms with van der Waals surface area (Å²) in [5.41, 5.74) is 0.587. The average Bonchev–Trinajstić information content (AvgIpc) is 2.89. The molecule has 0 spiro atoms. The average molecular weight is 236 g/mol. The molecule has 0 radical (unpaired) electrons. The summed E-state index contributed by atoms with van der Waals surface area (Å²) in [4.78, 5) is 10.7. The summed E-state index contributed by atoms with van der Waals surface area (Å²) in [5.74, 6) is 1.69. The van der Waals surface area contributed by atoms with Crippen LogP contribution in [-0.4, -0.2) is 33.2 Å². The summed E-state index contributed by atoms with van der Waals surface area (Å²) >= 11 is 0. The van der Waals surface area contributed by atoms with E-state index in [2.05, 4.69) is 0 Å². The third-order valence-corrected chi connectivity index (χ3v) is 2.82. The van der Waals surface area contributed by atoms with Crippen molar-refractivity contribution in [3.8, 4) is 11.5 Å². The van der Waals surface area contributed by atoms with Crippen LogP contribution in [0.1, 0.15) is 16.8 Å². The molecule has 0 aliphatic carbocycles. The quantitative estimate of drug-likeness (QED) is 0.733. The van der Waals surface area contributed by atoms with Gasteiger partial charge in [0.25, 0.3) is 0 Å². The van der Waals surface area contributed by atoms with Crippen molar-refractivity contribution < 1.29 is 19.0 Å². The minimum Gasteiger partial charge on any atom is -0.493 e. The first-order valence-corrected chi connectivity index (χ1v) is 5.67. The van der Waals surface area contributed by atoms with E-state index in [1.165, 1.54) is 0 Å². The van der Waals surface area contributed by atoms with Crippen LogP contribution < -0.4 is 9.47 Å². The van der Waals surface area contributed by atoms with Gasteiger partial charge in [-0.25, -0.2) is 0 Å². The highest BCUT2D eigenvalue weighted by atomic mass is 16.5. The minimum atomic E-state index is 0.430. The zero-order valence-electron chi connectivity index (χ0n) is 9.85. The number of ether oxygens (including phenoxy) is 3. The summed E-state index contributed by atoms with van der Waals surface area (Å²) in [6, 6.07) is 5.14. The van der Waals surface area contributed by atoms with Crippen molar-refractivity contribution in [3.63, 3.8) is 0 Å². The summed E-state index contributed by atoms with van der Waals surface area (Å²) in [6.07, 6.45) is 1.82. The molecule has 2 rings (SSSR count). The largest absolute Gasteiger partial charge is 0.493 e. The van der Waals surface area contributed by atoms with Gasteiger partial charge in [-0.05, 0) is 24.6 Å². The van der Waals surface area contributed by atoms with Crippen LogP contribution >= 0.6 is 0 Å². The lowest BCUT2D eigenvalue weighted by Gasteiger charge is -2.13. The van der Waals surface area contributed by atoms with Crippen LogP contribution in [0.2, 0.25) is 0 Å². The summed E-state index contributed by atoms with van der Waals surface area (Å²) in [7, 11) is 1.58. The van der Waals surface area contributed by atoms with E-state index >= 15 is 0 Å². The maximum Gasteiger partial charge on any atom is 0.161 e. The van der Waals surface area contributed by atoms with Crippen molar-refractivity contribution in [3.05, 3.63) is 23.8 Å². The Bertz CT molecular complexity index is 383. The molecule has 1 fully saturated rings. The van der Waals surface area contributed by atoms with Crippen LogP contribution in [0.4, 0.5) is 0 Å². The molecule has 0 N–H and O–H groups in total. The van der Waals surface area contributed by atoms with E-state index in [0.717, 1.165) is 25.9 Å². The molecule has 4 heteroatoms. The van der Waals surface area contributed by atoms with Gasteiger partial charge < -0.3 is 14.2 Å². The number of benzene rings is 1. The van der Waals surface area contributed by atoms with Gasteiger partial charge in [0.1, 0.15) is 6.29 Å². The molecule has 0 amide bonds. The van der Waals surface area contributed by atoms with E-state index in [4.69, 9.17) is 14.2 Å². The number of aldehydes is 1. The third-order valence-electron chi connectivity index (χ3n) is 2.82. The smallest absolute Gasteiger partial charge is 0.161 e. The molecule has 0 aromatic heterocycles. The Morgan fingerprint density at radius 3 is 3.00 bits per heavy atom. The van der Waals surface area contributed by atoms with Crippen LogP contribution in [0.3, 0.4) is 0 Å². The number of hydrogen-bond donors (Lipinski definition) is 0. The van der Waals surface area contributed by atoms with Gasteiger partial charge in [0, 0.05) is 18.1 Å². The van der Waals surface area contributed by atoms with Gasteiger partial charge in [-0.3, -0.25) is 4.79 Å². The molecule has 0 saturated carbocycles. The highest BCUT2D eigenvalue weighted by Gasteiger charge is 2.17. The van der Waals surface area contributed by atoms with Gasteiger partial charge in [0.2, 0.25) is 0 Å². The summed E-state index contributed by atoms with van der Waals surface area (Å²) in [5, 5.41) is 0. The van der Waals surface area contributed by atoms with E-state index in [1.54, 1.807) is 25.3 Å². The molecule has 1 aliphatic rings. The van der Waals surface area contributed by atoms with Gasteiger partial charge in [-0.1, -0.05) is 0 Å². The predicted molar refractivity (Wildman–Crippen MR) is 62.8 cm³/mol. The molecule has 0 bridgehead atoms. The molecule has 1 atom stereocenters. The second-order valence-corrected chi connectivity index (χ2v) is 4.07. The van der Waals surface area contributed by atoms with Gasteiger partial charge in [0.05, 0.1) is 20.3 Å². The molecule has 1 heterocycles. The fourth-order valence-electron chi connectivity index (χ4n) is 1.80. The number of methoxy groups -OCH3 is 1. The van der Waals surface area contributed by atoms with Crippen molar-refractivity contribution in [2.75, 3.05) is 26.9 Å². The van der Waals surface area contributed by atoms with E-state index in [0.29, 0.717) is 29.6 Å². The highest BCUT2D eigenvalue weighted by Crippen LogP contribution is 2.28. The topological polar surface area (TPSA) is 44.8 Å². The Hall–Kier alpha value is -1.55. The van der Waals surface area contributed by atoms with Crippen LogP contribution in [0, 0.1) is 5.92 Å². The fraction of sp³-hybridized carbons (Fsp3) is 0.462. The molecule has 0 unspecified atom stereocenters. The lowest BCUT2D eigenvalue weighted by molar-refractivity contribution is 0.112. The molecular weight excluding hydrogens is 220 g/mol. The first kappa shape index (κ1) is 11.9. The van der Waals surface area contributed by atoms with Crippen molar-refractivity contribution in [1.29, 1.82) is 0 Å². The number of carbonyl (C=O) groups is 1. The number of carbonyl (C=O) groups excluding carboxylic acids is 1. The molecule has 92 valence electrons. The predicted octanol–water partition coefficient (Wildman–Crippen LogP) is 1.92. The van der Waals surface area contributed by atoms with Gasteiger partial charge in [-0.15, -0.1) is 0 Å². The molecule has 1 aromatic carbocycles. The molecule has 4 nitrogen and oxygen atoms in total. The van der Waals surface area contributed by atoms with Crippen LogP contribution in [0.25, 0.3) is 0 Å². The van der Waals surface area contributed by atoms with Crippen molar-refractivity contribution >= 4 is 6.29 Å². The highest BCUT2D eigenvalue weighted by molar-refractivity contribution is 5.76. The maximum atomic E-state index is 10.7. The number of rotatable bonds is 5. The third kappa shape index (κ3) is 2.97. The van der Waals surface area contributed by atoms with Gasteiger partial charge in [-0.2, -0.15) is 0 Å². The Morgan fingerprint density at radius 1 is 1.47 bits per heavy atom. The molecule has 1 aliphatic heterocycles. The van der Waals surface area contributed by atoms with Crippen molar-refractivity contribution in [2.45, 2.75) is 6.42 Å². The Balaban J connectivity index is 2.03. The second-order valence-electron chi connectivity index (χ2n) is 4.07. The van der Waals surface area contributed by atoms with Crippen LogP contribution in [0.5, 0.6) is 11.5 Å². The molecule has 17 heavy (non-hydrogen) atoms. The molecule has 1 aromatic rings. The lowest BCUT2D eigenvalue weighted by atomic mass is 10.1. The summed E-state index contributed by atoms with van der Waals surface area (Å²) < 4.78 is 16.2. The fourth-order valence-corrected chi connectivity index (χ4v) is 1.80. The normalized spacial score (nSPS) is 19.0. The molecule has 1 saturated heterocycles. The Morgan fingerprint density at radius 2 is 2.35 bits per heavy atom. The van der Waals surface area contributed by atoms with Gasteiger partial charge in [0.15, 0.2) is 11.5 Å². The zero-order valence-corrected chi connectivity index (χ0v) is 9.85. The minimum absolute atomic E-state index is 0.430.